The molecule has 0 fully saturated rings. The summed E-state index contributed by atoms with van der Waals surface area (Å²) >= 11 is 6.66. The lowest BCUT2D eigenvalue weighted by atomic mass is 12.4. The molecule has 0 nitrogen and oxygen atoms in total. The SMILES string of the molecule is Br[14c]1[14cH][14cH][14cH][14c](Br)[14cH]1. The molecule has 1 rings (SSSR count). The van der Waals surface area contributed by atoms with Gasteiger partial charge in [0.2, 0.25) is 0 Å². The molecule has 0 atom stereocenters. The number of halogens is 2. The van der Waals surface area contributed by atoms with Gasteiger partial charge >= 0.3 is 0 Å². The Morgan fingerprint density at radius 1 is 1.00 bits per heavy atom. The van der Waals surface area contributed by atoms with Gasteiger partial charge in [-0.3, -0.25) is 0 Å². The van der Waals surface area contributed by atoms with Crippen molar-refractivity contribution in [3.63, 3.8) is 0 Å². The minimum Gasteiger partial charge on any atom is -0.0600 e. The van der Waals surface area contributed by atoms with Crippen molar-refractivity contribution in [1.82, 2.24) is 0 Å². The van der Waals surface area contributed by atoms with Crippen LogP contribution in [0.5, 0.6) is 0 Å². The van der Waals surface area contributed by atoms with Crippen LogP contribution in [0.2, 0.25) is 0 Å². The summed E-state index contributed by atoms with van der Waals surface area (Å²) in [7, 11) is 0. The van der Waals surface area contributed by atoms with E-state index < -0.39 is 0 Å². The van der Waals surface area contributed by atoms with Gasteiger partial charge in [0.1, 0.15) is 0 Å². The summed E-state index contributed by atoms with van der Waals surface area (Å²) in [6, 6.07) is 7.96. The normalized spacial score (nSPS) is 9.25. The number of rotatable bonds is 0. The monoisotopic (exact) mass is 246 g/mol. The second kappa shape index (κ2) is 2.65. The average molecular weight is 248 g/mol. The standard InChI is InChI=1S/C6H4Br2/c7-5-2-1-3-6(8)4-5/h1-4H/i1+2,2+2,3+2,4+2,5+2,6+2. The maximum atomic E-state index is 3.33. The van der Waals surface area contributed by atoms with Crippen LogP contribution in [0.15, 0.2) is 33.2 Å². The highest BCUT2D eigenvalue weighted by Gasteiger charge is 1.84. The van der Waals surface area contributed by atoms with Crippen LogP contribution in [-0.2, 0) is 0 Å². The third-order valence-electron chi connectivity index (χ3n) is 0.787. The molecule has 0 aliphatic carbocycles. The Morgan fingerprint density at radius 2 is 1.50 bits per heavy atom. The minimum atomic E-state index is 1.10. The molecule has 0 spiro atoms. The molecule has 0 bridgehead atoms. The van der Waals surface area contributed by atoms with E-state index in [1.54, 1.807) is 0 Å². The molecule has 0 aliphatic rings. The highest BCUT2D eigenvalue weighted by atomic mass is 79.9. The molecule has 1 aromatic rings. The molecular weight excluding hydrogens is 244 g/mol. The van der Waals surface area contributed by atoms with E-state index in [0.29, 0.717) is 0 Å². The molecular formula is C6H4Br2. The van der Waals surface area contributed by atoms with E-state index in [1.807, 2.05) is 24.3 Å². The smallest absolute Gasteiger partial charge is 0.0186 e. The van der Waals surface area contributed by atoms with E-state index >= 15 is 0 Å². The fourth-order valence-electron chi connectivity index (χ4n) is 0.460. The van der Waals surface area contributed by atoms with Crippen molar-refractivity contribution < 1.29 is 0 Å². The highest BCUT2D eigenvalue weighted by molar-refractivity contribution is 9.11. The van der Waals surface area contributed by atoms with Crippen LogP contribution < -0.4 is 0 Å². The van der Waals surface area contributed by atoms with Crippen LogP contribution in [0.3, 0.4) is 0 Å². The molecule has 0 aliphatic heterocycles. The molecule has 0 radical (unpaired) electrons. The maximum Gasteiger partial charge on any atom is 0.0186 e. The van der Waals surface area contributed by atoms with Gasteiger partial charge in [0.05, 0.1) is 0 Å². The molecule has 8 heavy (non-hydrogen) atoms. The topological polar surface area (TPSA) is 0 Å². The van der Waals surface area contributed by atoms with Gasteiger partial charge in [-0.1, -0.05) is 37.9 Å². The van der Waals surface area contributed by atoms with Crippen molar-refractivity contribution in [2.24, 2.45) is 0 Å². The van der Waals surface area contributed by atoms with Crippen molar-refractivity contribution in [2.75, 3.05) is 0 Å². The summed E-state index contributed by atoms with van der Waals surface area (Å²) in [5, 5.41) is 0. The van der Waals surface area contributed by atoms with E-state index in [9.17, 15) is 0 Å². The minimum absolute atomic E-state index is 1.10. The van der Waals surface area contributed by atoms with Crippen LogP contribution in [0.1, 0.15) is 0 Å². The molecule has 0 heterocycles. The quantitative estimate of drug-likeness (QED) is 0.661. The van der Waals surface area contributed by atoms with Gasteiger partial charge in [-0.05, 0) is 18.2 Å². The third-order valence-corrected chi connectivity index (χ3v) is 1.77. The highest BCUT2D eigenvalue weighted by Crippen LogP contribution is 2.15. The van der Waals surface area contributed by atoms with Gasteiger partial charge in [-0.2, -0.15) is 0 Å². The summed E-state index contributed by atoms with van der Waals surface area (Å²) in [5.41, 5.74) is 0. The molecule has 0 saturated heterocycles. The van der Waals surface area contributed by atoms with Crippen LogP contribution in [-0.4, -0.2) is 0 Å². The largest absolute Gasteiger partial charge is 0.0600 e. The van der Waals surface area contributed by atoms with Crippen molar-refractivity contribution in [3.05, 3.63) is 33.2 Å². The van der Waals surface area contributed by atoms with Crippen molar-refractivity contribution in [2.45, 2.75) is 0 Å². The Kier molecular flexibility index (Phi) is 2.08. The van der Waals surface area contributed by atoms with Gasteiger partial charge in [-0.25, -0.2) is 0 Å². The van der Waals surface area contributed by atoms with Gasteiger partial charge in [0, 0.05) is 8.95 Å². The summed E-state index contributed by atoms with van der Waals surface area (Å²) in [6.07, 6.45) is 0. The molecule has 42 valence electrons. The first-order valence-electron chi connectivity index (χ1n) is 2.20. The fourth-order valence-corrected chi connectivity index (χ4v) is 1.57. The summed E-state index contributed by atoms with van der Waals surface area (Å²) in [4.78, 5) is 0. The van der Waals surface area contributed by atoms with Crippen molar-refractivity contribution in [1.29, 1.82) is 0 Å². The summed E-state index contributed by atoms with van der Waals surface area (Å²) in [5.74, 6) is 0. The first-order valence-corrected chi connectivity index (χ1v) is 3.79. The Morgan fingerprint density at radius 3 is 1.75 bits per heavy atom. The zero-order valence-electron chi connectivity index (χ0n) is 4.07. The molecule has 0 saturated carbocycles. The van der Waals surface area contributed by atoms with Gasteiger partial charge in [0.25, 0.3) is 0 Å². The van der Waals surface area contributed by atoms with Crippen molar-refractivity contribution >= 4 is 31.9 Å². The zero-order valence-corrected chi connectivity index (χ0v) is 7.24. The Balaban J connectivity index is 3.08. The Hall–Kier alpha value is 0.180. The first-order chi connectivity index (χ1) is 3.79. The molecule has 2 heteroatoms. The lowest BCUT2D eigenvalue weighted by molar-refractivity contribution is 1.60. The fraction of sp³-hybridized carbons (Fsp3) is 0. The van der Waals surface area contributed by atoms with Crippen LogP contribution in [0.25, 0.3) is 0 Å². The van der Waals surface area contributed by atoms with Gasteiger partial charge in [-0.15, -0.1) is 0 Å². The molecule has 1 aromatic carbocycles. The van der Waals surface area contributed by atoms with Crippen LogP contribution in [0.4, 0.5) is 0 Å². The molecule has 0 aromatic heterocycles. The van der Waals surface area contributed by atoms with Crippen LogP contribution >= 0.6 is 31.9 Å². The second-order valence-electron chi connectivity index (χ2n) is 1.44. The third kappa shape index (κ3) is 1.60. The number of hydrogen-bond acceptors (Lipinski definition) is 0. The maximum absolute atomic E-state index is 3.33. The van der Waals surface area contributed by atoms with Crippen LogP contribution in [0, 0.1) is 0 Å². The predicted octanol–water partition coefficient (Wildman–Crippen LogP) is 3.21. The van der Waals surface area contributed by atoms with Gasteiger partial charge < -0.3 is 0 Å². The molecule has 0 N–H and O–H groups in total. The number of benzene rings is 1. The predicted molar refractivity (Wildman–Crippen MR) is 41.8 cm³/mol. The van der Waals surface area contributed by atoms with E-state index in [2.05, 4.69) is 31.9 Å². The first kappa shape index (κ1) is 6.30. The lowest BCUT2D eigenvalue weighted by Crippen LogP contribution is -1.61. The summed E-state index contributed by atoms with van der Waals surface area (Å²) < 4.78 is 2.21. The molecule has 0 amide bonds. The second-order valence-corrected chi connectivity index (χ2v) is 3.27. The van der Waals surface area contributed by atoms with Crippen molar-refractivity contribution in [3.8, 4) is 0 Å². The van der Waals surface area contributed by atoms with Gasteiger partial charge in [0.15, 0.2) is 0 Å². The van der Waals surface area contributed by atoms with E-state index in [-0.39, 0.29) is 0 Å². The van der Waals surface area contributed by atoms with E-state index in [1.165, 1.54) is 0 Å². The average Bonchev–Trinajstić information content (AvgIpc) is 1.64. The Bertz CT molecular complexity index is 166. The van der Waals surface area contributed by atoms with E-state index in [0.717, 1.165) is 8.95 Å². The Labute approximate surface area is 65.2 Å². The molecule has 0 unspecified atom stereocenters. The summed E-state index contributed by atoms with van der Waals surface area (Å²) in [6.45, 7) is 0. The van der Waals surface area contributed by atoms with E-state index in [4.69, 9.17) is 0 Å². The lowest BCUT2D eigenvalue weighted by Gasteiger charge is -1.87. The number of hydrogen-bond donors (Lipinski definition) is 0. The zero-order chi connectivity index (χ0) is 5.98.